The number of carbonyl (C=O) groups is 2. The van der Waals surface area contributed by atoms with Gasteiger partial charge in [-0.05, 0) is 41.5 Å². The van der Waals surface area contributed by atoms with Gasteiger partial charge in [0.25, 0.3) is 0 Å². The molecule has 2 heterocycles. The number of ketones is 1. The normalized spacial score (nSPS) is 13.9. The fourth-order valence-electron chi connectivity index (χ4n) is 3.17. The van der Waals surface area contributed by atoms with Gasteiger partial charge in [0.15, 0.2) is 17.3 Å². The molecule has 0 saturated heterocycles. The van der Waals surface area contributed by atoms with Crippen LogP contribution in [0.5, 0.6) is 11.5 Å². The Hall–Kier alpha value is -3.74. The fraction of sp³-hybridized carbons (Fsp3) is 0.136. The van der Waals surface area contributed by atoms with Gasteiger partial charge < -0.3 is 15.2 Å². The van der Waals surface area contributed by atoms with Gasteiger partial charge in [0.2, 0.25) is 5.91 Å². The molecule has 146 valence electrons. The number of aromatic nitrogens is 1. The number of rotatable bonds is 5. The highest BCUT2D eigenvalue weighted by molar-refractivity contribution is 5.99. The lowest BCUT2D eigenvalue weighted by molar-refractivity contribution is 0.0931. The maximum absolute atomic E-state index is 14.7. The van der Waals surface area contributed by atoms with Crippen molar-refractivity contribution in [3.63, 3.8) is 0 Å². The zero-order valence-electron chi connectivity index (χ0n) is 15.3. The number of nitrogens with two attached hydrogens (primary N) is 1. The average Bonchev–Trinajstić information content (AvgIpc) is 2.74. The van der Waals surface area contributed by atoms with Crippen LogP contribution < -0.4 is 15.2 Å². The van der Waals surface area contributed by atoms with Gasteiger partial charge in [0.05, 0.1) is 12.2 Å². The summed E-state index contributed by atoms with van der Waals surface area (Å²) in [6.45, 7) is 0.249. The minimum atomic E-state index is -0.674. The molecule has 2 N–H and O–H groups in total. The maximum Gasteiger partial charge on any atom is 0.248 e. The number of hydrogen-bond donors (Lipinski definition) is 1. The number of halogens is 1. The highest BCUT2D eigenvalue weighted by Gasteiger charge is 2.24. The van der Waals surface area contributed by atoms with Crippen LogP contribution in [0.15, 0.2) is 60.9 Å². The smallest absolute Gasteiger partial charge is 0.248 e. The molecule has 0 radical (unpaired) electrons. The van der Waals surface area contributed by atoms with Gasteiger partial charge in [-0.3, -0.25) is 14.6 Å². The fourth-order valence-corrected chi connectivity index (χ4v) is 3.17. The molecule has 29 heavy (non-hydrogen) atoms. The van der Waals surface area contributed by atoms with E-state index < -0.39 is 17.8 Å². The van der Waals surface area contributed by atoms with E-state index in [9.17, 15) is 14.0 Å². The molecule has 2 aromatic carbocycles. The van der Waals surface area contributed by atoms with Gasteiger partial charge in [-0.1, -0.05) is 12.1 Å². The summed E-state index contributed by atoms with van der Waals surface area (Å²) in [5.74, 6) is -1.10. The molecular weight excluding hydrogens is 375 g/mol. The van der Waals surface area contributed by atoms with Gasteiger partial charge in [0, 0.05) is 30.4 Å². The lowest BCUT2D eigenvalue weighted by Gasteiger charge is -2.23. The summed E-state index contributed by atoms with van der Waals surface area (Å²) < 4.78 is 26.2. The molecule has 1 aliphatic rings. The Kier molecular flexibility index (Phi) is 4.95. The van der Waals surface area contributed by atoms with E-state index in [4.69, 9.17) is 15.2 Å². The Balaban J connectivity index is 1.73. The Morgan fingerprint density at radius 1 is 1.10 bits per heavy atom. The summed E-state index contributed by atoms with van der Waals surface area (Å²) in [7, 11) is 0. The van der Waals surface area contributed by atoms with Crippen LogP contribution in [0.3, 0.4) is 0 Å². The molecule has 1 amide bonds. The third-order valence-electron chi connectivity index (χ3n) is 4.67. The van der Waals surface area contributed by atoms with Crippen LogP contribution in [0.2, 0.25) is 0 Å². The van der Waals surface area contributed by atoms with Gasteiger partial charge in [-0.25, -0.2) is 4.39 Å². The van der Waals surface area contributed by atoms with Crippen molar-refractivity contribution in [2.24, 2.45) is 5.73 Å². The van der Waals surface area contributed by atoms with E-state index in [0.717, 1.165) is 11.6 Å². The Morgan fingerprint density at radius 2 is 1.79 bits per heavy atom. The molecule has 7 heteroatoms. The summed E-state index contributed by atoms with van der Waals surface area (Å²) in [6.07, 6.45) is 2.76. The van der Waals surface area contributed by atoms with E-state index in [1.165, 1.54) is 6.07 Å². The molecule has 0 saturated carbocycles. The number of pyridine rings is 1. The van der Waals surface area contributed by atoms with Crippen molar-refractivity contribution >= 4 is 11.7 Å². The van der Waals surface area contributed by atoms with Crippen LogP contribution >= 0.6 is 0 Å². The van der Waals surface area contributed by atoms with Crippen LogP contribution in [0.1, 0.15) is 44.4 Å². The van der Waals surface area contributed by atoms with Crippen LogP contribution in [0, 0.1) is 5.82 Å². The first-order valence-electron chi connectivity index (χ1n) is 8.99. The predicted octanol–water partition coefficient (Wildman–Crippen LogP) is 3.45. The second kappa shape index (κ2) is 7.71. The topological polar surface area (TPSA) is 91.5 Å². The molecule has 0 fully saturated rings. The number of primary amides is 1. The summed E-state index contributed by atoms with van der Waals surface area (Å²) in [5.41, 5.74) is 7.30. The Morgan fingerprint density at radius 3 is 2.48 bits per heavy atom. The summed E-state index contributed by atoms with van der Waals surface area (Å²) in [4.78, 5) is 27.3. The van der Waals surface area contributed by atoms with Crippen molar-refractivity contribution in [2.75, 3.05) is 6.61 Å². The Bertz CT molecular complexity index is 1070. The molecule has 3 aromatic rings. The number of hydrogen-bond acceptors (Lipinski definition) is 5. The molecular formula is C22H17FN2O4. The summed E-state index contributed by atoms with van der Waals surface area (Å²) >= 11 is 0. The number of ether oxygens (including phenoxy) is 2. The maximum atomic E-state index is 14.7. The van der Waals surface area contributed by atoms with Gasteiger partial charge in [0.1, 0.15) is 11.9 Å². The first-order chi connectivity index (χ1) is 14.0. The second-order valence-electron chi connectivity index (χ2n) is 6.57. The Labute approximate surface area is 166 Å². The van der Waals surface area contributed by atoms with Crippen LogP contribution in [0.4, 0.5) is 4.39 Å². The standard InChI is InChI=1S/C22H17FN2O4/c23-17-11-16-18(26)7-10-28-19(16)12-20(17)29-21(14-5-8-25-9-6-14)13-1-3-15(4-2-13)22(24)27/h1-6,8-9,11-12,21H,7,10H2,(H2,24,27)/t21-/m1/s1. The van der Waals surface area contributed by atoms with Crippen molar-refractivity contribution in [1.29, 1.82) is 0 Å². The second-order valence-corrected chi connectivity index (χ2v) is 6.57. The molecule has 6 nitrogen and oxygen atoms in total. The molecule has 1 aliphatic heterocycles. The zero-order valence-corrected chi connectivity index (χ0v) is 15.3. The van der Waals surface area contributed by atoms with Crippen molar-refractivity contribution < 1.29 is 23.5 Å². The first-order valence-corrected chi connectivity index (χ1v) is 8.99. The summed E-state index contributed by atoms with van der Waals surface area (Å²) in [5, 5.41) is 0. The van der Waals surface area contributed by atoms with E-state index in [-0.39, 0.29) is 30.1 Å². The van der Waals surface area contributed by atoms with E-state index in [1.807, 2.05) is 0 Å². The van der Waals surface area contributed by atoms with E-state index >= 15 is 0 Å². The third-order valence-corrected chi connectivity index (χ3v) is 4.67. The molecule has 0 spiro atoms. The zero-order chi connectivity index (χ0) is 20.4. The van der Waals surface area contributed by atoms with Crippen molar-refractivity contribution in [3.8, 4) is 11.5 Å². The highest BCUT2D eigenvalue weighted by Crippen LogP contribution is 2.35. The molecule has 0 bridgehead atoms. The van der Waals surface area contributed by atoms with Crippen molar-refractivity contribution in [2.45, 2.75) is 12.5 Å². The van der Waals surface area contributed by atoms with Crippen LogP contribution in [0.25, 0.3) is 0 Å². The van der Waals surface area contributed by atoms with E-state index in [0.29, 0.717) is 16.9 Å². The van der Waals surface area contributed by atoms with Crippen molar-refractivity contribution in [1.82, 2.24) is 4.98 Å². The van der Waals surface area contributed by atoms with Crippen LogP contribution in [-0.4, -0.2) is 23.3 Å². The highest BCUT2D eigenvalue weighted by atomic mass is 19.1. The number of benzene rings is 2. The monoisotopic (exact) mass is 392 g/mol. The lowest BCUT2D eigenvalue weighted by Crippen LogP contribution is -2.17. The number of carbonyl (C=O) groups excluding carboxylic acids is 2. The minimum Gasteiger partial charge on any atom is -0.492 e. The number of fused-ring (bicyclic) bond motifs is 1. The molecule has 1 aromatic heterocycles. The van der Waals surface area contributed by atoms with Gasteiger partial charge in [-0.15, -0.1) is 0 Å². The minimum absolute atomic E-state index is 0.0424. The predicted molar refractivity (Wildman–Crippen MR) is 103 cm³/mol. The van der Waals surface area contributed by atoms with Gasteiger partial charge in [-0.2, -0.15) is 0 Å². The summed E-state index contributed by atoms with van der Waals surface area (Å²) in [6, 6.07) is 12.6. The van der Waals surface area contributed by atoms with E-state index in [1.54, 1.807) is 48.8 Å². The third kappa shape index (κ3) is 3.80. The number of amides is 1. The number of Topliss-reactive ketones (excluding diaryl/α,β-unsaturated/α-hetero) is 1. The van der Waals surface area contributed by atoms with Crippen molar-refractivity contribution in [3.05, 3.63) is 89.0 Å². The SMILES string of the molecule is NC(=O)c1ccc([C@@H](Oc2cc3c(cc2F)C(=O)CCO3)c2ccncc2)cc1. The molecule has 0 unspecified atom stereocenters. The molecule has 4 rings (SSSR count). The molecule has 0 aliphatic carbocycles. The van der Waals surface area contributed by atoms with Gasteiger partial charge >= 0.3 is 0 Å². The van der Waals surface area contributed by atoms with E-state index in [2.05, 4.69) is 4.98 Å². The number of nitrogens with zero attached hydrogens (tertiary/aromatic N) is 1. The lowest BCUT2D eigenvalue weighted by atomic mass is 10.0. The molecule has 1 atom stereocenters. The van der Waals surface area contributed by atoms with Crippen LogP contribution in [-0.2, 0) is 0 Å². The first kappa shape index (κ1) is 18.6. The quantitative estimate of drug-likeness (QED) is 0.718. The average molecular weight is 392 g/mol. The largest absolute Gasteiger partial charge is 0.492 e.